The van der Waals surface area contributed by atoms with Crippen LogP contribution in [0.4, 0.5) is 0 Å². The lowest BCUT2D eigenvalue weighted by Crippen LogP contribution is -2.48. The summed E-state index contributed by atoms with van der Waals surface area (Å²) >= 11 is 1.69. The molecule has 24 heavy (non-hydrogen) atoms. The first kappa shape index (κ1) is 17.9. The van der Waals surface area contributed by atoms with E-state index in [0.717, 1.165) is 44.0 Å². The number of carbonyl (C=O) groups is 1. The van der Waals surface area contributed by atoms with Crippen LogP contribution in [0.3, 0.4) is 0 Å². The molecule has 1 aliphatic carbocycles. The molecule has 2 heterocycles. The minimum absolute atomic E-state index is 0.0673. The summed E-state index contributed by atoms with van der Waals surface area (Å²) in [6.45, 7) is 8.88. The predicted molar refractivity (Wildman–Crippen MR) is 98.9 cm³/mol. The number of nitrogens with zero attached hydrogens (tertiary/aromatic N) is 1. The van der Waals surface area contributed by atoms with E-state index in [4.69, 9.17) is 4.74 Å². The third-order valence-corrected chi connectivity index (χ3v) is 6.04. The number of thiophene rings is 1. The van der Waals surface area contributed by atoms with Gasteiger partial charge in [0.1, 0.15) is 0 Å². The molecule has 0 unspecified atom stereocenters. The lowest BCUT2D eigenvalue weighted by molar-refractivity contribution is -0.0295. The minimum atomic E-state index is 0.0673. The highest BCUT2D eigenvalue weighted by molar-refractivity contribution is 7.14. The van der Waals surface area contributed by atoms with Crippen molar-refractivity contribution in [2.45, 2.75) is 52.1 Å². The number of carbonyl (C=O) groups excluding carboxylic acids is 1. The van der Waals surface area contributed by atoms with Crippen LogP contribution < -0.4 is 5.32 Å². The van der Waals surface area contributed by atoms with Crippen LogP contribution in [-0.4, -0.2) is 49.7 Å². The highest BCUT2D eigenvalue weighted by Crippen LogP contribution is 2.28. The van der Waals surface area contributed by atoms with Crippen molar-refractivity contribution in [1.82, 2.24) is 10.2 Å². The van der Waals surface area contributed by atoms with Gasteiger partial charge in [-0.1, -0.05) is 20.3 Å². The van der Waals surface area contributed by atoms with Gasteiger partial charge < -0.3 is 10.1 Å². The molecular weight excluding hydrogens is 320 g/mol. The van der Waals surface area contributed by atoms with Gasteiger partial charge in [-0.3, -0.25) is 9.69 Å². The van der Waals surface area contributed by atoms with Crippen LogP contribution in [-0.2, 0) is 17.6 Å². The highest BCUT2D eigenvalue weighted by Gasteiger charge is 2.22. The molecule has 0 saturated carbocycles. The normalized spacial score (nSPS) is 22.2. The van der Waals surface area contributed by atoms with Crippen molar-refractivity contribution in [2.75, 3.05) is 32.8 Å². The Balaban J connectivity index is 1.50. The third kappa shape index (κ3) is 4.80. The molecule has 1 fully saturated rings. The maximum atomic E-state index is 12.5. The molecule has 3 rings (SSSR count). The summed E-state index contributed by atoms with van der Waals surface area (Å²) in [6.07, 6.45) is 6.22. The van der Waals surface area contributed by atoms with E-state index in [1.54, 1.807) is 11.3 Å². The van der Waals surface area contributed by atoms with Crippen LogP contribution >= 0.6 is 11.3 Å². The molecule has 134 valence electrons. The quantitative estimate of drug-likeness (QED) is 0.830. The van der Waals surface area contributed by atoms with Gasteiger partial charge >= 0.3 is 0 Å². The monoisotopic (exact) mass is 350 g/mol. The van der Waals surface area contributed by atoms with Crippen molar-refractivity contribution in [1.29, 1.82) is 0 Å². The van der Waals surface area contributed by atoms with Crippen molar-refractivity contribution in [2.24, 2.45) is 5.92 Å². The average Bonchev–Trinajstić information content (AvgIpc) is 2.83. The van der Waals surface area contributed by atoms with Crippen molar-refractivity contribution in [3.8, 4) is 0 Å². The maximum absolute atomic E-state index is 12.5. The summed E-state index contributed by atoms with van der Waals surface area (Å²) in [5.74, 6) is 0.734. The molecule has 1 saturated heterocycles. The Morgan fingerprint density at radius 3 is 3.04 bits per heavy atom. The number of hydrogen-bond donors (Lipinski definition) is 1. The highest BCUT2D eigenvalue weighted by atomic mass is 32.1. The average molecular weight is 351 g/mol. The van der Waals surface area contributed by atoms with E-state index in [1.165, 1.54) is 29.7 Å². The van der Waals surface area contributed by atoms with Gasteiger partial charge in [0.15, 0.2) is 0 Å². The largest absolute Gasteiger partial charge is 0.374 e. The molecule has 0 aromatic carbocycles. The van der Waals surface area contributed by atoms with Crippen LogP contribution in [0.25, 0.3) is 0 Å². The number of ether oxygens (including phenoxy) is 1. The van der Waals surface area contributed by atoms with Crippen molar-refractivity contribution >= 4 is 17.2 Å². The van der Waals surface area contributed by atoms with Crippen LogP contribution in [0.2, 0.25) is 0 Å². The van der Waals surface area contributed by atoms with E-state index in [1.807, 2.05) is 0 Å². The predicted octanol–water partition coefficient (Wildman–Crippen LogP) is 3.10. The fourth-order valence-corrected chi connectivity index (χ4v) is 4.83. The molecule has 1 aliphatic heterocycles. The molecule has 1 atom stereocenters. The van der Waals surface area contributed by atoms with Crippen molar-refractivity contribution in [3.63, 3.8) is 0 Å². The number of rotatable bonds is 5. The molecule has 0 spiro atoms. The lowest BCUT2D eigenvalue weighted by atomic mass is 10.1. The minimum Gasteiger partial charge on any atom is -0.374 e. The summed E-state index contributed by atoms with van der Waals surface area (Å²) in [4.78, 5) is 17.2. The van der Waals surface area contributed by atoms with Gasteiger partial charge in [-0.15, -0.1) is 11.3 Å². The molecule has 2 aliphatic rings. The number of amides is 1. The fraction of sp³-hybridized carbons (Fsp3) is 0.737. The number of aryl methyl sites for hydroxylation is 2. The zero-order chi connectivity index (χ0) is 16.9. The summed E-state index contributed by atoms with van der Waals surface area (Å²) in [5.41, 5.74) is 1.40. The Hall–Kier alpha value is -0.910. The summed E-state index contributed by atoms with van der Waals surface area (Å²) in [6, 6.07) is 2.12. The molecule has 1 aromatic heterocycles. The zero-order valence-electron chi connectivity index (χ0n) is 15.0. The van der Waals surface area contributed by atoms with Gasteiger partial charge in [0, 0.05) is 31.1 Å². The molecule has 1 aromatic rings. The first-order chi connectivity index (χ1) is 11.6. The van der Waals surface area contributed by atoms with Gasteiger partial charge in [-0.2, -0.15) is 0 Å². The summed E-state index contributed by atoms with van der Waals surface area (Å²) in [7, 11) is 0. The number of fused-ring (bicyclic) bond motifs is 1. The SMILES string of the molecule is CC(C)CN1CCO[C@H](CNC(=O)c2cc3c(s2)CCCCC3)C1. The Kier molecular flexibility index (Phi) is 6.31. The standard InChI is InChI=1S/C19H30N2O2S/c1-14(2)12-21-8-9-23-16(13-21)11-20-19(22)18-10-15-6-4-3-5-7-17(15)24-18/h10,14,16H,3-9,11-13H2,1-2H3,(H,20,22)/t16-/m1/s1. The van der Waals surface area contributed by atoms with Crippen molar-refractivity contribution < 1.29 is 9.53 Å². The van der Waals surface area contributed by atoms with Crippen molar-refractivity contribution in [3.05, 3.63) is 21.4 Å². The maximum Gasteiger partial charge on any atom is 0.261 e. The number of morpholine rings is 1. The molecular formula is C19H30N2O2S. The summed E-state index contributed by atoms with van der Waals surface area (Å²) < 4.78 is 5.82. The van der Waals surface area contributed by atoms with Gasteiger partial charge in [-0.25, -0.2) is 0 Å². The smallest absolute Gasteiger partial charge is 0.261 e. The Morgan fingerprint density at radius 2 is 2.21 bits per heavy atom. The zero-order valence-corrected chi connectivity index (χ0v) is 15.8. The number of hydrogen-bond acceptors (Lipinski definition) is 4. The Bertz CT molecular complexity index is 532. The van der Waals surface area contributed by atoms with E-state index in [-0.39, 0.29) is 12.0 Å². The van der Waals surface area contributed by atoms with Gasteiger partial charge in [0.2, 0.25) is 0 Å². The van der Waals surface area contributed by atoms with Crippen LogP contribution in [0, 0.1) is 5.92 Å². The first-order valence-corrected chi connectivity index (χ1v) is 10.2. The van der Waals surface area contributed by atoms with Crippen LogP contribution in [0.5, 0.6) is 0 Å². The van der Waals surface area contributed by atoms with Crippen LogP contribution in [0.1, 0.15) is 53.2 Å². The second-order valence-electron chi connectivity index (χ2n) is 7.48. The lowest BCUT2D eigenvalue weighted by Gasteiger charge is -2.33. The molecule has 5 heteroatoms. The Morgan fingerprint density at radius 1 is 1.38 bits per heavy atom. The van der Waals surface area contributed by atoms with Gasteiger partial charge in [0.25, 0.3) is 5.91 Å². The molecule has 0 bridgehead atoms. The van der Waals surface area contributed by atoms with Gasteiger partial charge in [0.05, 0.1) is 17.6 Å². The van der Waals surface area contributed by atoms with E-state index in [0.29, 0.717) is 12.5 Å². The van der Waals surface area contributed by atoms with E-state index in [9.17, 15) is 4.79 Å². The molecule has 1 N–H and O–H groups in total. The van der Waals surface area contributed by atoms with E-state index >= 15 is 0 Å². The Labute approximate surface area is 149 Å². The topological polar surface area (TPSA) is 41.6 Å². The second kappa shape index (κ2) is 8.45. The third-order valence-electron chi connectivity index (χ3n) is 4.81. The van der Waals surface area contributed by atoms with E-state index < -0.39 is 0 Å². The summed E-state index contributed by atoms with van der Waals surface area (Å²) in [5, 5.41) is 3.09. The molecule has 1 amide bonds. The van der Waals surface area contributed by atoms with Gasteiger partial charge in [-0.05, 0) is 43.2 Å². The molecule has 0 radical (unpaired) electrons. The van der Waals surface area contributed by atoms with E-state index in [2.05, 4.69) is 30.1 Å². The van der Waals surface area contributed by atoms with Crippen LogP contribution in [0.15, 0.2) is 6.07 Å². The number of nitrogens with one attached hydrogen (secondary N) is 1. The first-order valence-electron chi connectivity index (χ1n) is 9.35. The molecule has 4 nitrogen and oxygen atoms in total. The fourth-order valence-electron chi connectivity index (χ4n) is 3.66. The second-order valence-corrected chi connectivity index (χ2v) is 8.61.